The zero-order valence-electron chi connectivity index (χ0n) is 5.96. The maximum Gasteiger partial charge on any atom is 0.184 e. The Hall–Kier alpha value is -0.380. The molecule has 62 valence electrons. The Morgan fingerprint density at radius 1 is 1.50 bits per heavy atom. The summed E-state index contributed by atoms with van der Waals surface area (Å²) in [6.45, 7) is 0. The predicted octanol–water partition coefficient (Wildman–Crippen LogP) is 2.60. The lowest BCUT2D eigenvalue weighted by molar-refractivity contribution is 0.227. The molecule has 0 bridgehead atoms. The maximum atomic E-state index is 9.71. The van der Waals surface area contributed by atoms with Crippen LogP contribution in [0.15, 0.2) is 23.2 Å². The van der Waals surface area contributed by atoms with Gasteiger partial charge in [0.1, 0.15) is 0 Å². The number of aliphatic hydroxyl groups is 1. The first-order valence-electron chi connectivity index (χ1n) is 3.37. The summed E-state index contributed by atoms with van der Waals surface area (Å²) in [4.78, 5) is 4.01. The van der Waals surface area contributed by atoms with Crippen molar-refractivity contribution in [1.82, 2.24) is 0 Å². The molecule has 4 heteroatoms. The SMILES string of the molecule is OC1(Br)C=Nc2cccc(Cl)c21. The van der Waals surface area contributed by atoms with Gasteiger partial charge in [0.05, 0.1) is 16.9 Å². The summed E-state index contributed by atoms with van der Waals surface area (Å²) >= 11 is 9.00. The van der Waals surface area contributed by atoms with Crippen LogP contribution in [0, 0.1) is 0 Å². The fourth-order valence-corrected chi connectivity index (χ4v) is 2.13. The van der Waals surface area contributed by atoms with Crippen LogP contribution >= 0.6 is 27.5 Å². The molecule has 12 heavy (non-hydrogen) atoms. The zero-order chi connectivity index (χ0) is 8.77. The molecular weight excluding hydrogens is 241 g/mol. The number of fused-ring (bicyclic) bond motifs is 1. The molecule has 1 aliphatic heterocycles. The second-order valence-electron chi connectivity index (χ2n) is 2.57. The molecule has 0 fully saturated rings. The molecule has 1 aliphatic rings. The highest BCUT2D eigenvalue weighted by Gasteiger charge is 2.32. The molecule has 1 aromatic rings. The van der Waals surface area contributed by atoms with Crippen LogP contribution in [0.3, 0.4) is 0 Å². The Bertz CT molecular complexity index is 362. The Balaban J connectivity index is 2.70. The molecule has 1 heterocycles. The van der Waals surface area contributed by atoms with E-state index in [1.165, 1.54) is 6.21 Å². The van der Waals surface area contributed by atoms with Gasteiger partial charge in [-0.3, -0.25) is 4.99 Å². The molecule has 0 radical (unpaired) electrons. The molecule has 0 saturated heterocycles. The molecule has 0 aromatic heterocycles. The number of aliphatic imine (C=N–C) groups is 1. The standard InChI is InChI=1S/C8H5BrClNO/c9-8(12)4-11-6-3-1-2-5(10)7(6)8/h1-4,12H. The van der Waals surface area contributed by atoms with E-state index in [0.29, 0.717) is 16.3 Å². The van der Waals surface area contributed by atoms with Gasteiger partial charge in [-0.1, -0.05) is 17.7 Å². The van der Waals surface area contributed by atoms with Crippen molar-refractivity contribution in [1.29, 1.82) is 0 Å². The van der Waals surface area contributed by atoms with Gasteiger partial charge in [0.15, 0.2) is 4.51 Å². The van der Waals surface area contributed by atoms with Crippen LogP contribution < -0.4 is 0 Å². The minimum Gasteiger partial charge on any atom is -0.370 e. The van der Waals surface area contributed by atoms with Crippen LogP contribution in [0.25, 0.3) is 0 Å². The van der Waals surface area contributed by atoms with Crippen molar-refractivity contribution in [2.24, 2.45) is 4.99 Å². The van der Waals surface area contributed by atoms with Gasteiger partial charge in [-0.15, -0.1) is 0 Å². The van der Waals surface area contributed by atoms with Crippen molar-refractivity contribution >= 4 is 39.4 Å². The number of halogens is 2. The second-order valence-corrected chi connectivity index (χ2v) is 4.18. The number of hydrogen-bond acceptors (Lipinski definition) is 2. The highest BCUT2D eigenvalue weighted by atomic mass is 79.9. The van der Waals surface area contributed by atoms with Gasteiger partial charge in [-0.2, -0.15) is 0 Å². The first kappa shape index (κ1) is 8.23. The fourth-order valence-electron chi connectivity index (χ4n) is 1.19. The van der Waals surface area contributed by atoms with Crippen molar-refractivity contribution in [2.45, 2.75) is 4.51 Å². The van der Waals surface area contributed by atoms with Crippen LogP contribution in [0.1, 0.15) is 5.56 Å². The minimum absolute atomic E-state index is 0.518. The topological polar surface area (TPSA) is 32.6 Å². The number of benzene rings is 1. The van der Waals surface area contributed by atoms with Crippen LogP contribution in [0.4, 0.5) is 5.69 Å². The normalized spacial score (nSPS) is 25.9. The molecule has 1 atom stereocenters. The number of rotatable bonds is 0. The lowest BCUT2D eigenvalue weighted by Crippen LogP contribution is -2.15. The lowest BCUT2D eigenvalue weighted by Gasteiger charge is -2.13. The Labute approximate surface area is 83.0 Å². The molecule has 1 unspecified atom stereocenters. The summed E-state index contributed by atoms with van der Waals surface area (Å²) in [6, 6.07) is 5.32. The Morgan fingerprint density at radius 2 is 2.25 bits per heavy atom. The molecule has 0 aliphatic carbocycles. The Kier molecular flexibility index (Phi) is 1.75. The summed E-state index contributed by atoms with van der Waals surface area (Å²) in [7, 11) is 0. The largest absolute Gasteiger partial charge is 0.370 e. The van der Waals surface area contributed by atoms with Crippen molar-refractivity contribution in [3.05, 3.63) is 28.8 Å². The highest BCUT2D eigenvalue weighted by Crippen LogP contribution is 2.43. The van der Waals surface area contributed by atoms with E-state index in [-0.39, 0.29) is 0 Å². The number of nitrogens with zero attached hydrogens (tertiary/aromatic N) is 1. The second kappa shape index (κ2) is 2.55. The summed E-state index contributed by atoms with van der Waals surface area (Å²) in [5, 5.41) is 10.2. The van der Waals surface area contributed by atoms with Gasteiger partial charge >= 0.3 is 0 Å². The lowest BCUT2D eigenvalue weighted by atomic mass is 10.1. The average Bonchev–Trinajstić information content (AvgIpc) is 2.29. The Morgan fingerprint density at radius 3 is 2.92 bits per heavy atom. The van der Waals surface area contributed by atoms with Gasteiger partial charge in [-0.05, 0) is 28.1 Å². The summed E-state index contributed by atoms with van der Waals surface area (Å²) < 4.78 is -1.19. The first-order valence-corrected chi connectivity index (χ1v) is 4.54. The van der Waals surface area contributed by atoms with E-state index in [4.69, 9.17) is 11.6 Å². The van der Waals surface area contributed by atoms with Gasteiger partial charge in [0.2, 0.25) is 0 Å². The monoisotopic (exact) mass is 245 g/mol. The zero-order valence-corrected chi connectivity index (χ0v) is 8.30. The molecule has 2 rings (SSSR count). The van der Waals surface area contributed by atoms with E-state index >= 15 is 0 Å². The average molecular weight is 246 g/mol. The third-order valence-corrected chi connectivity index (χ3v) is 2.63. The number of hydrogen-bond donors (Lipinski definition) is 1. The molecule has 0 spiro atoms. The fraction of sp³-hybridized carbons (Fsp3) is 0.125. The van der Waals surface area contributed by atoms with E-state index in [0.717, 1.165) is 0 Å². The van der Waals surface area contributed by atoms with E-state index < -0.39 is 4.51 Å². The van der Waals surface area contributed by atoms with Gasteiger partial charge in [0, 0.05) is 5.56 Å². The van der Waals surface area contributed by atoms with Crippen LogP contribution in [-0.4, -0.2) is 11.3 Å². The van der Waals surface area contributed by atoms with E-state index in [2.05, 4.69) is 20.9 Å². The third kappa shape index (κ3) is 1.09. The smallest absolute Gasteiger partial charge is 0.184 e. The molecule has 1 N–H and O–H groups in total. The van der Waals surface area contributed by atoms with E-state index in [1.807, 2.05) is 0 Å². The predicted molar refractivity (Wildman–Crippen MR) is 52.4 cm³/mol. The highest BCUT2D eigenvalue weighted by molar-refractivity contribution is 9.10. The molecular formula is C8H5BrClNO. The van der Waals surface area contributed by atoms with Crippen LogP contribution in [-0.2, 0) is 4.51 Å². The summed E-state index contributed by atoms with van der Waals surface area (Å²) in [5.41, 5.74) is 1.33. The summed E-state index contributed by atoms with van der Waals surface area (Å²) in [5.74, 6) is 0. The first-order chi connectivity index (χ1) is 5.61. The van der Waals surface area contributed by atoms with Crippen molar-refractivity contribution in [2.75, 3.05) is 0 Å². The minimum atomic E-state index is -1.19. The molecule has 0 saturated carbocycles. The van der Waals surface area contributed by atoms with E-state index in [1.54, 1.807) is 18.2 Å². The summed E-state index contributed by atoms with van der Waals surface area (Å²) in [6.07, 6.45) is 1.42. The van der Waals surface area contributed by atoms with Crippen molar-refractivity contribution < 1.29 is 5.11 Å². The van der Waals surface area contributed by atoms with E-state index in [9.17, 15) is 5.11 Å². The quantitative estimate of drug-likeness (QED) is 0.701. The molecule has 1 aromatic carbocycles. The van der Waals surface area contributed by atoms with Gasteiger partial charge in [0.25, 0.3) is 0 Å². The van der Waals surface area contributed by atoms with Gasteiger partial charge in [-0.25, -0.2) is 0 Å². The van der Waals surface area contributed by atoms with Crippen LogP contribution in [0.2, 0.25) is 5.02 Å². The van der Waals surface area contributed by atoms with Crippen molar-refractivity contribution in [3.63, 3.8) is 0 Å². The number of alkyl halides is 1. The molecule has 0 amide bonds. The van der Waals surface area contributed by atoms with Crippen molar-refractivity contribution in [3.8, 4) is 0 Å². The van der Waals surface area contributed by atoms with Crippen LogP contribution in [0.5, 0.6) is 0 Å². The molecule has 2 nitrogen and oxygen atoms in total. The van der Waals surface area contributed by atoms with Gasteiger partial charge < -0.3 is 5.11 Å². The third-order valence-electron chi connectivity index (χ3n) is 1.72. The maximum absolute atomic E-state index is 9.71.